The summed E-state index contributed by atoms with van der Waals surface area (Å²) in [6.07, 6.45) is 0. The highest BCUT2D eigenvalue weighted by molar-refractivity contribution is 6.32. The van der Waals surface area contributed by atoms with E-state index in [0.29, 0.717) is 11.6 Å². The second-order valence-electron chi connectivity index (χ2n) is 6.36. The summed E-state index contributed by atoms with van der Waals surface area (Å²) in [6.45, 7) is 8.32. The molecule has 1 N–H and O–H groups in total. The van der Waals surface area contributed by atoms with Crippen LogP contribution in [-0.2, 0) is 0 Å². The molecule has 0 saturated carbocycles. The van der Waals surface area contributed by atoms with Gasteiger partial charge < -0.3 is 10.2 Å². The fourth-order valence-electron chi connectivity index (χ4n) is 2.86. The van der Waals surface area contributed by atoms with Crippen LogP contribution < -0.4 is 5.32 Å². The van der Waals surface area contributed by atoms with E-state index in [1.807, 2.05) is 49.9 Å². The Kier molecular flexibility index (Phi) is 6.43. The van der Waals surface area contributed by atoms with Crippen LogP contribution >= 0.6 is 24.0 Å². The lowest BCUT2D eigenvalue weighted by Crippen LogP contribution is -2.52. The van der Waals surface area contributed by atoms with Gasteiger partial charge in [-0.2, -0.15) is 0 Å². The number of amides is 1. The van der Waals surface area contributed by atoms with Gasteiger partial charge in [0.2, 0.25) is 5.82 Å². The maximum absolute atomic E-state index is 12.8. The fourth-order valence-corrected chi connectivity index (χ4v) is 3.08. The zero-order valence-electron chi connectivity index (χ0n) is 14.6. The van der Waals surface area contributed by atoms with Gasteiger partial charge in [0, 0.05) is 31.6 Å². The summed E-state index contributed by atoms with van der Waals surface area (Å²) < 4.78 is 1.69. The summed E-state index contributed by atoms with van der Waals surface area (Å²) in [6, 6.07) is 7.58. The summed E-state index contributed by atoms with van der Waals surface area (Å²) in [5, 5.41) is 8.35. The van der Waals surface area contributed by atoms with Crippen LogP contribution in [0.2, 0.25) is 5.02 Å². The average molecular weight is 384 g/mol. The number of aromatic nitrogens is 3. The molecule has 1 fully saturated rings. The van der Waals surface area contributed by atoms with Crippen molar-refractivity contribution in [1.29, 1.82) is 0 Å². The standard InChI is InChI=1S/C17H22ClN5O.ClH/c1-11(2)16-20-15(17(24)22-9-8-19-10-12(22)3)21-23(16)14-7-5-4-6-13(14)18;/h4-7,11-12,19H,8-10H2,1-3H3;1H/t12-;/m1./s1. The summed E-state index contributed by atoms with van der Waals surface area (Å²) >= 11 is 6.30. The summed E-state index contributed by atoms with van der Waals surface area (Å²) in [7, 11) is 0. The van der Waals surface area contributed by atoms with E-state index < -0.39 is 0 Å². The molecule has 0 bridgehead atoms. The van der Waals surface area contributed by atoms with E-state index in [9.17, 15) is 4.79 Å². The molecule has 25 heavy (non-hydrogen) atoms. The van der Waals surface area contributed by atoms with Crippen molar-refractivity contribution in [3.8, 4) is 5.69 Å². The largest absolute Gasteiger partial charge is 0.331 e. The van der Waals surface area contributed by atoms with E-state index in [0.717, 1.165) is 24.6 Å². The van der Waals surface area contributed by atoms with Gasteiger partial charge in [0.15, 0.2) is 0 Å². The van der Waals surface area contributed by atoms with Crippen LogP contribution in [0.4, 0.5) is 0 Å². The number of benzene rings is 1. The van der Waals surface area contributed by atoms with Crippen LogP contribution in [0.3, 0.4) is 0 Å². The van der Waals surface area contributed by atoms with Gasteiger partial charge in [-0.1, -0.05) is 37.6 Å². The number of rotatable bonds is 3. The van der Waals surface area contributed by atoms with E-state index >= 15 is 0 Å². The topological polar surface area (TPSA) is 63.1 Å². The predicted molar refractivity (Wildman–Crippen MR) is 101 cm³/mol. The third kappa shape index (κ3) is 3.97. The molecular weight excluding hydrogens is 361 g/mol. The lowest BCUT2D eigenvalue weighted by Gasteiger charge is -2.33. The Balaban J connectivity index is 0.00000225. The smallest absolute Gasteiger partial charge is 0.293 e. The number of carbonyl (C=O) groups excluding carboxylic acids is 1. The Labute approximate surface area is 159 Å². The zero-order valence-corrected chi connectivity index (χ0v) is 16.1. The zero-order chi connectivity index (χ0) is 17.3. The Hall–Kier alpha value is -1.63. The van der Waals surface area contributed by atoms with Crippen molar-refractivity contribution in [3.63, 3.8) is 0 Å². The van der Waals surface area contributed by atoms with Crippen molar-refractivity contribution in [2.45, 2.75) is 32.7 Å². The second-order valence-corrected chi connectivity index (χ2v) is 6.77. The lowest BCUT2D eigenvalue weighted by atomic mass is 10.2. The van der Waals surface area contributed by atoms with Gasteiger partial charge in [-0.25, -0.2) is 9.67 Å². The van der Waals surface area contributed by atoms with Crippen molar-refractivity contribution >= 4 is 29.9 Å². The van der Waals surface area contributed by atoms with Crippen molar-refractivity contribution in [2.75, 3.05) is 19.6 Å². The molecule has 0 spiro atoms. The molecular formula is C17H23Cl2N5O. The Morgan fingerprint density at radius 2 is 2.08 bits per heavy atom. The first-order valence-electron chi connectivity index (χ1n) is 8.22. The third-order valence-electron chi connectivity index (χ3n) is 4.18. The Morgan fingerprint density at radius 3 is 2.72 bits per heavy atom. The summed E-state index contributed by atoms with van der Waals surface area (Å²) in [4.78, 5) is 19.2. The fraction of sp³-hybridized carbons (Fsp3) is 0.471. The molecule has 0 unspecified atom stereocenters. The number of halogens is 2. The van der Waals surface area contributed by atoms with Crippen molar-refractivity contribution in [3.05, 3.63) is 40.9 Å². The van der Waals surface area contributed by atoms with E-state index in [-0.39, 0.29) is 36.1 Å². The lowest BCUT2D eigenvalue weighted by molar-refractivity contribution is 0.0643. The first-order chi connectivity index (χ1) is 11.5. The Morgan fingerprint density at radius 1 is 1.36 bits per heavy atom. The minimum Gasteiger partial charge on any atom is -0.331 e. The minimum absolute atomic E-state index is 0. The van der Waals surface area contributed by atoms with Gasteiger partial charge in [-0.15, -0.1) is 17.5 Å². The van der Waals surface area contributed by atoms with Gasteiger partial charge in [0.1, 0.15) is 5.82 Å². The minimum atomic E-state index is -0.128. The van der Waals surface area contributed by atoms with E-state index in [1.165, 1.54) is 0 Å². The van der Waals surface area contributed by atoms with Crippen LogP contribution in [0, 0.1) is 0 Å². The Bertz CT molecular complexity index is 746. The molecule has 1 aromatic carbocycles. The van der Waals surface area contributed by atoms with Gasteiger partial charge in [-0.3, -0.25) is 4.79 Å². The molecule has 6 nitrogen and oxygen atoms in total. The predicted octanol–water partition coefficient (Wildman–Crippen LogP) is 2.90. The molecule has 2 heterocycles. The summed E-state index contributed by atoms with van der Waals surface area (Å²) in [5.74, 6) is 0.953. The summed E-state index contributed by atoms with van der Waals surface area (Å²) in [5.41, 5.74) is 0.739. The highest BCUT2D eigenvalue weighted by Crippen LogP contribution is 2.24. The molecule has 1 saturated heterocycles. The first kappa shape index (κ1) is 19.7. The maximum Gasteiger partial charge on any atom is 0.293 e. The monoisotopic (exact) mass is 383 g/mol. The van der Waals surface area contributed by atoms with Crippen LogP contribution in [-0.4, -0.2) is 51.2 Å². The average Bonchev–Trinajstić information content (AvgIpc) is 3.00. The number of hydrogen-bond donors (Lipinski definition) is 1. The number of para-hydroxylation sites is 1. The van der Waals surface area contributed by atoms with Crippen molar-refractivity contribution in [2.24, 2.45) is 0 Å². The van der Waals surface area contributed by atoms with Gasteiger partial charge >= 0.3 is 0 Å². The van der Waals surface area contributed by atoms with Crippen LogP contribution in [0.1, 0.15) is 43.1 Å². The van der Waals surface area contributed by atoms with Crippen LogP contribution in [0.5, 0.6) is 0 Å². The molecule has 1 amide bonds. The van der Waals surface area contributed by atoms with Gasteiger partial charge in [-0.05, 0) is 19.1 Å². The highest BCUT2D eigenvalue weighted by atomic mass is 35.5. The molecule has 2 aromatic rings. The molecule has 3 rings (SSSR count). The molecule has 136 valence electrons. The quantitative estimate of drug-likeness (QED) is 0.884. The number of piperazine rings is 1. The molecule has 1 aliphatic heterocycles. The van der Waals surface area contributed by atoms with Crippen molar-refractivity contribution in [1.82, 2.24) is 25.0 Å². The van der Waals surface area contributed by atoms with Crippen molar-refractivity contribution < 1.29 is 4.79 Å². The number of nitrogens with one attached hydrogen (secondary N) is 1. The molecule has 1 aromatic heterocycles. The van der Waals surface area contributed by atoms with E-state index in [4.69, 9.17) is 11.6 Å². The molecule has 1 aliphatic rings. The van der Waals surface area contributed by atoms with E-state index in [2.05, 4.69) is 15.4 Å². The number of nitrogens with zero attached hydrogens (tertiary/aromatic N) is 4. The van der Waals surface area contributed by atoms with E-state index in [1.54, 1.807) is 4.68 Å². The molecule has 0 radical (unpaired) electrons. The molecule has 8 heteroatoms. The normalized spacial score (nSPS) is 17.5. The third-order valence-corrected chi connectivity index (χ3v) is 4.50. The van der Waals surface area contributed by atoms with Crippen LogP contribution in [0.15, 0.2) is 24.3 Å². The van der Waals surface area contributed by atoms with Crippen LogP contribution in [0.25, 0.3) is 5.69 Å². The molecule has 1 atom stereocenters. The second kappa shape index (κ2) is 8.17. The maximum atomic E-state index is 12.8. The SMILES string of the molecule is CC(C)c1nc(C(=O)N2CCNC[C@H]2C)nn1-c1ccccc1Cl.Cl. The van der Waals surface area contributed by atoms with Gasteiger partial charge in [0.05, 0.1) is 10.7 Å². The number of hydrogen-bond acceptors (Lipinski definition) is 4. The first-order valence-corrected chi connectivity index (χ1v) is 8.60. The molecule has 0 aliphatic carbocycles. The van der Waals surface area contributed by atoms with Gasteiger partial charge in [0.25, 0.3) is 5.91 Å². The highest BCUT2D eigenvalue weighted by Gasteiger charge is 2.28. The number of carbonyl (C=O) groups is 1.